The summed E-state index contributed by atoms with van der Waals surface area (Å²) in [5, 5.41) is 21.4. The summed E-state index contributed by atoms with van der Waals surface area (Å²) in [5.74, 6) is 0.0592. The van der Waals surface area contributed by atoms with Crippen molar-refractivity contribution < 1.29 is 19.4 Å². The first kappa shape index (κ1) is 17.5. The zero-order valence-corrected chi connectivity index (χ0v) is 14.3. The lowest BCUT2D eigenvalue weighted by Crippen LogP contribution is -2.49. The minimum Gasteiger partial charge on any atom is -0.465 e. The van der Waals surface area contributed by atoms with Gasteiger partial charge in [0.15, 0.2) is 8.32 Å². The van der Waals surface area contributed by atoms with Crippen LogP contribution in [0.3, 0.4) is 0 Å². The number of aliphatic hydroxyl groups excluding tert-OH is 1. The van der Waals surface area contributed by atoms with Crippen molar-refractivity contribution >= 4 is 14.4 Å². The Hall–Kier alpha value is -0.593. The molecule has 0 radical (unpaired) electrons. The summed E-state index contributed by atoms with van der Waals surface area (Å²) in [6.07, 6.45) is 0.610. The van der Waals surface area contributed by atoms with Crippen molar-refractivity contribution in [1.29, 1.82) is 0 Å². The molecule has 1 aliphatic rings. The highest BCUT2D eigenvalue weighted by atomic mass is 28.4. The molecule has 0 spiro atoms. The maximum absolute atomic E-state index is 10.8. The Labute approximate surface area is 122 Å². The molecule has 5 nitrogen and oxygen atoms in total. The van der Waals surface area contributed by atoms with Crippen LogP contribution in [0.2, 0.25) is 18.1 Å². The van der Waals surface area contributed by atoms with Gasteiger partial charge >= 0.3 is 6.09 Å². The Morgan fingerprint density at radius 3 is 2.45 bits per heavy atom. The largest absolute Gasteiger partial charge is 0.465 e. The van der Waals surface area contributed by atoms with Gasteiger partial charge in [0.1, 0.15) is 0 Å². The van der Waals surface area contributed by atoms with E-state index in [1.54, 1.807) is 0 Å². The third-order valence-electron chi connectivity index (χ3n) is 4.73. The van der Waals surface area contributed by atoms with Crippen LogP contribution in [0.15, 0.2) is 0 Å². The van der Waals surface area contributed by atoms with E-state index in [4.69, 9.17) is 9.53 Å². The van der Waals surface area contributed by atoms with Crippen LogP contribution in [0.5, 0.6) is 0 Å². The van der Waals surface area contributed by atoms with Crippen molar-refractivity contribution in [2.45, 2.75) is 70.3 Å². The SMILES string of the molecule is CC(C)(C)[Si](C)(C)OC[C@H]1C[C@H](O)CC[C@@H]1NC(=O)O. The van der Waals surface area contributed by atoms with E-state index in [1.165, 1.54) is 0 Å². The summed E-state index contributed by atoms with van der Waals surface area (Å²) in [7, 11) is -1.84. The number of carboxylic acid groups (broad SMARTS) is 1. The molecule has 3 N–H and O–H groups in total. The Kier molecular flexibility index (Phi) is 5.63. The number of carbonyl (C=O) groups is 1. The highest BCUT2D eigenvalue weighted by molar-refractivity contribution is 6.74. The molecule has 1 saturated carbocycles. The standard InChI is InChI=1S/C14H29NO4Si/c1-14(2,3)20(4,5)19-9-10-8-11(16)6-7-12(10)15-13(17)18/h10-12,15-16H,6-9H2,1-5H3,(H,17,18)/t10-,11-,12+/m1/s1. The van der Waals surface area contributed by atoms with Crippen molar-refractivity contribution in [3.05, 3.63) is 0 Å². The van der Waals surface area contributed by atoms with Crippen molar-refractivity contribution in [2.75, 3.05) is 6.61 Å². The number of nitrogens with one attached hydrogen (secondary N) is 1. The monoisotopic (exact) mass is 303 g/mol. The highest BCUT2D eigenvalue weighted by Gasteiger charge is 2.39. The van der Waals surface area contributed by atoms with E-state index in [2.05, 4.69) is 39.2 Å². The second-order valence-corrected chi connectivity index (χ2v) is 12.2. The van der Waals surface area contributed by atoms with Gasteiger partial charge in [0.25, 0.3) is 0 Å². The maximum Gasteiger partial charge on any atom is 0.404 e. The van der Waals surface area contributed by atoms with E-state index in [0.717, 1.165) is 0 Å². The minimum atomic E-state index is -1.84. The lowest BCUT2D eigenvalue weighted by Gasteiger charge is -2.40. The summed E-state index contributed by atoms with van der Waals surface area (Å²) in [4.78, 5) is 10.8. The summed E-state index contributed by atoms with van der Waals surface area (Å²) in [6, 6.07) is -0.110. The lowest BCUT2D eigenvalue weighted by molar-refractivity contribution is 0.0566. The third kappa shape index (κ3) is 4.75. The van der Waals surface area contributed by atoms with Gasteiger partial charge in [0, 0.05) is 18.6 Å². The molecule has 0 heterocycles. The average Bonchev–Trinajstić information content (AvgIpc) is 2.27. The fraction of sp³-hybridized carbons (Fsp3) is 0.929. The molecule has 118 valence electrons. The van der Waals surface area contributed by atoms with Crippen LogP contribution in [-0.2, 0) is 4.43 Å². The van der Waals surface area contributed by atoms with E-state index in [1.807, 2.05) is 0 Å². The predicted molar refractivity (Wildman–Crippen MR) is 81.4 cm³/mol. The van der Waals surface area contributed by atoms with E-state index in [9.17, 15) is 9.90 Å². The van der Waals surface area contributed by atoms with Gasteiger partial charge in [-0.1, -0.05) is 20.8 Å². The molecule has 0 saturated heterocycles. The Balaban J connectivity index is 2.63. The van der Waals surface area contributed by atoms with Crippen LogP contribution in [0.4, 0.5) is 4.79 Å². The van der Waals surface area contributed by atoms with Crippen molar-refractivity contribution in [3.8, 4) is 0 Å². The van der Waals surface area contributed by atoms with E-state index < -0.39 is 14.4 Å². The van der Waals surface area contributed by atoms with Crippen LogP contribution in [0.25, 0.3) is 0 Å². The number of hydrogen-bond donors (Lipinski definition) is 3. The van der Waals surface area contributed by atoms with Crippen molar-refractivity contribution in [2.24, 2.45) is 5.92 Å². The van der Waals surface area contributed by atoms with Crippen molar-refractivity contribution in [3.63, 3.8) is 0 Å². The van der Waals surface area contributed by atoms with Gasteiger partial charge < -0.3 is 20.0 Å². The topological polar surface area (TPSA) is 78.8 Å². The fourth-order valence-corrected chi connectivity index (χ4v) is 3.37. The van der Waals surface area contributed by atoms with Gasteiger partial charge in [-0.3, -0.25) is 0 Å². The smallest absolute Gasteiger partial charge is 0.404 e. The number of amides is 1. The quantitative estimate of drug-likeness (QED) is 0.698. The van der Waals surface area contributed by atoms with Gasteiger partial charge in [-0.05, 0) is 37.4 Å². The molecule has 0 aliphatic heterocycles. The first-order valence-electron chi connectivity index (χ1n) is 7.34. The zero-order valence-electron chi connectivity index (χ0n) is 13.3. The molecular formula is C14H29NO4Si. The molecule has 20 heavy (non-hydrogen) atoms. The molecule has 1 fully saturated rings. The van der Waals surface area contributed by atoms with Crippen LogP contribution >= 0.6 is 0 Å². The first-order chi connectivity index (χ1) is 9.03. The van der Waals surface area contributed by atoms with E-state index in [0.29, 0.717) is 25.9 Å². The molecule has 0 unspecified atom stereocenters. The first-order valence-corrected chi connectivity index (χ1v) is 10.3. The van der Waals surface area contributed by atoms with Gasteiger partial charge in [-0.25, -0.2) is 4.79 Å². The minimum absolute atomic E-state index is 0.0592. The third-order valence-corrected chi connectivity index (χ3v) is 9.23. The number of aliphatic hydroxyl groups is 1. The van der Waals surface area contributed by atoms with Gasteiger partial charge in [-0.2, -0.15) is 0 Å². The van der Waals surface area contributed by atoms with Gasteiger partial charge in [0.05, 0.1) is 6.10 Å². The van der Waals surface area contributed by atoms with Crippen LogP contribution in [-0.4, -0.2) is 43.4 Å². The van der Waals surface area contributed by atoms with E-state index in [-0.39, 0.29) is 23.1 Å². The highest BCUT2D eigenvalue weighted by Crippen LogP contribution is 2.37. The van der Waals surface area contributed by atoms with Crippen LogP contribution in [0, 0.1) is 5.92 Å². The molecule has 1 rings (SSSR count). The molecule has 1 aliphatic carbocycles. The van der Waals surface area contributed by atoms with Gasteiger partial charge in [0.2, 0.25) is 0 Å². The summed E-state index contributed by atoms with van der Waals surface area (Å²) in [5.41, 5.74) is 0. The van der Waals surface area contributed by atoms with Crippen LogP contribution < -0.4 is 5.32 Å². The summed E-state index contributed by atoms with van der Waals surface area (Å²) in [6.45, 7) is 11.4. The van der Waals surface area contributed by atoms with Crippen LogP contribution in [0.1, 0.15) is 40.0 Å². The van der Waals surface area contributed by atoms with Crippen molar-refractivity contribution in [1.82, 2.24) is 5.32 Å². The Morgan fingerprint density at radius 1 is 1.35 bits per heavy atom. The molecule has 0 aromatic carbocycles. The van der Waals surface area contributed by atoms with Gasteiger partial charge in [-0.15, -0.1) is 0 Å². The molecular weight excluding hydrogens is 274 g/mol. The molecule has 1 amide bonds. The zero-order chi connectivity index (χ0) is 15.6. The predicted octanol–water partition coefficient (Wildman–Crippen LogP) is 2.81. The number of rotatable bonds is 4. The summed E-state index contributed by atoms with van der Waals surface area (Å²) < 4.78 is 6.19. The molecule has 6 heteroatoms. The second-order valence-electron chi connectivity index (χ2n) is 7.35. The molecule has 3 atom stereocenters. The second kappa shape index (κ2) is 6.45. The lowest BCUT2D eigenvalue weighted by atomic mass is 9.83. The molecule has 0 bridgehead atoms. The Morgan fingerprint density at radius 2 is 1.95 bits per heavy atom. The summed E-state index contributed by atoms with van der Waals surface area (Å²) >= 11 is 0. The molecule has 0 aromatic rings. The number of hydrogen-bond acceptors (Lipinski definition) is 3. The normalized spacial score (nSPS) is 28.2. The molecule has 0 aromatic heterocycles. The Bertz CT molecular complexity index is 341. The maximum atomic E-state index is 10.8. The average molecular weight is 303 g/mol. The fourth-order valence-electron chi connectivity index (χ4n) is 2.30. The van der Waals surface area contributed by atoms with E-state index >= 15 is 0 Å².